The number of carbonyl (C=O) groups is 1. The first-order valence-electron chi connectivity index (χ1n) is 12.6. The Morgan fingerprint density at radius 2 is 1.25 bits per heavy atom. The second kappa shape index (κ2) is 9.85. The summed E-state index contributed by atoms with van der Waals surface area (Å²) >= 11 is 0. The van der Waals surface area contributed by atoms with Gasteiger partial charge in [-0.3, -0.25) is 4.79 Å². The number of fused-ring (bicyclic) bond motifs is 1. The number of aromatic nitrogens is 4. The molecule has 4 heterocycles. The van der Waals surface area contributed by atoms with Crippen molar-refractivity contribution in [1.29, 1.82) is 0 Å². The van der Waals surface area contributed by atoms with Crippen LogP contribution in [0.2, 0.25) is 0 Å². The van der Waals surface area contributed by atoms with Crippen molar-refractivity contribution in [3.8, 4) is 0 Å². The zero-order chi connectivity index (χ0) is 24.3. The lowest BCUT2D eigenvalue weighted by molar-refractivity contribution is -0.132. The number of rotatable bonds is 5. The van der Waals surface area contributed by atoms with Crippen LogP contribution in [0.3, 0.4) is 0 Å². The average molecular weight is 483 g/mol. The van der Waals surface area contributed by atoms with Crippen LogP contribution in [-0.4, -0.2) is 82.9 Å². The maximum Gasteiger partial charge on any atom is 0.244 e. The lowest BCUT2D eigenvalue weighted by atomic mass is 10.2. The number of anilines is 3. The molecule has 0 spiro atoms. The Labute approximate surface area is 210 Å². The smallest absolute Gasteiger partial charge is 0.244 e. The van der Waals surface area contributed by atoms with Crippen LogP contribution in [0.4, 0.5) is 17.2 Å². The van der Waals surface area contributed by atoms with Crippen molar-refractivity contribution in [3.63, 3.8) is 0 Å². The molecule has 0 aliphatic carbocycles. The summed E-state index contributed by atoms with van der Waals surface area (Å²) in [5.74, 6) is 0.965. The first-order chi connectivity index (χ1) is 17.8. The van der Waals surface area contributed by atoms with Crippen LogP contribution < -0.4 is 14.7 Å². The molecule has 4 aromatic rings. The van der Waals surface area contributed by atoms with Crippen LogP contribution in [0.15, 0.2) is 73.2 Å². The first-order valence-corrected chi connectivity index (χ1v) is 12.6. The Morgan fingerprint density at radius 3 is 1.86 bits per heavy atom. The predicted octanol–water partition coefficient (Wildman–Crippen LogP) is 2.50. The summed E-state index contributed by atoms with van der Waals surface area (Å²) in [6.07, 6.45) is 3.39. The minimum atomic E-state index is 0.0735. The molecule has 2 fully saturated rings. The van der Waals surface area contributed by atoms with E-state index in [0.29, 0.717) is 18.7 Å². The SMILES string of the molecule is O=C(Cn1ncc2c(N3CCN(c4ccccc4)CC3)ncnc21)N1CCN(c2ccccc2)CC1. The van der Waals surface area contributed by atoms with E-state index < -0.39 is 0 Å². The van der Waals surface area contributed by atoms with Gasteiger partial charge in [0.25, 0.3) is 0 Å². The Morgan fingerprint density at radius 1 is 0.694 bits per heavy atom. The largest absolute Gasteiger partial charge is 0.368 e. The molecule has 9 heteroatoms. The van der Waals surface area contributed by atoms with Crippen LogP contribution in [0.25, 0.3) is 11.0 Å². The van der Waals surface area contributed by atoms with Gasteiger partial charge in [0.15, 0.2) is 5.65 Å². The molecule has 2 aromatic heterocycles. The number of benzene rings is 2. The number of piperazine rings is 2. The molecule has 36 heavy (non-hydrogen) atoms. The molecule has 0 saturated carbocycles. The summed E-state index contributed by atoms with van der Waals surface area (Å²) in [5, 5.41) is 5.43. The first kappa shape index (κ1) is 22.3. The zero-order valence-electron chi connectivity index (χ0n) is 20.3. The fraction of sp³-hybridized carbons (Fsp3) is 0.333. The van der Waals surface area contributed by atoms with Gasteiger partial charge in [-0.05, 0) is 24.3 Å². The van der Waals surface area contributed by atoms with E-state index in [1.165, 1.54) is 11.4 Å². The second-order valence-corrected chi connectivity index (χ2v) is 9.25. The van der Waals surface area contributed by atoms with Gasteiger partial charge < -0.3 is 19.6 Å². The third kappa shape index (κ3) is 4.44. The van der Waals surface area contributed by atoms with Gasteiger partial charge in [-0.25, -0.2) is 14.6 Å². The van der Waals surface area contributed by atoms with Gasteiger partial charge in [-0.2, -0.15) is 5.10 Å². The number of carbonyl (C=O) groups excluding carboxylic acids is 1. The molecule has 2 aromatic carbocycles. The van der Waals surface area contributed by atoms with E-state index >= 15 is 0 Å². The highest BCUT2D eigenvalue weighted by atomic mass is 16.2. The number of hydrogen-bond acceptors (Lipinski definition) is 7. The number of para-hydroxylation sites is 2. The molecule has 0 N–H and O–H groups in total. The van der Waals surface area contributed by atoms with Crippen LogP contribution in [0.1, 0.15) is 0 Å². The quantitative estimate of drug-likeness (QED) is 0.433. The van der Waals surface area contributed by atoms with Crippen molar-refractivity contribution in [3.05, 3.63) is 73.2 Å². The second-order valence-electron chi connectivity index (χ2n) is 9.25. The fourth-order valence-corrected chi connectivity index (χ4v) is 5.14. The molecule has 6 rings (SSSR count). The highest BCUT2D eigenvalue weighted by Crippen LogP contribution is 2.25. The summed E-state index contributed by atoms with van der Waals surface area (Å²) in [6.45, 7) is 6.86. The van der Waals surface area contributed by atoms with Crippen molar-refractivity contribution in [2.75, 3.05) is 67.1 Å². The molecule has 2 aliphatic rings. The van der Waals surface area contributed by atoms with Gasteiger partial charge in [0.1, 0.15) is 18.7 Å². The summed E-state index contributed by atoms with van der Waals surface area (Å²) in [7, 11) is 0. The van der Waals surface area contributed by atoms with E-state index in [1.807, 2.05) is 17.0 Å². The highest BCUT2D eigenvalue weighted by molar-refractivity contribution is 5.88. The van der Waals surface area contributed by atoms with E-state index in [-0.39, 0.29) is 12.5 Å². The Kier molecular flexibility index (Phi) is 6.11. The third-order valence-corrected chi connectivity index (χ3v) is 7.15. The van der Waals surface area contributed by atoms with E-state index in [9.17, 15) is 4.79 Å². The molecule has 9 nitrogen and oxygen atoms in total. The lowest BCUT2D eigenvalue weighted by Crippen LogP contribution is -2.49. The Bertz CT molecular complexity index is 1310. The maximum absolute atomic E-state index is 13.1. The van der Waals surface area contributed by atoms with Crippen LogP contribution in [0.5, 0.6) is 0 Å². The van der Waals surface area contributed by atoms with E-state index in [0.717, 1.165) is 50.5 Å². The molecule has 0 atom stereocenters. The Balaban J connectivity index is 1.10. The van der Waals surface area contributed by atoms with Crippen LogP contribution in [-0.2, 0) is 11.3 Å². The minimum absolute atomic E-state index is 0.0735. The molecule has 184 valence electrons. The summed E-state index contributed by atoms with van der Waals surface area (Å²) in [4.78, 5) is 31.1. The zero-order valence-corrected chi connectivity index (χ0v) is 20.3. The molecule has 2 saturated heterocycles. The topological polar surface area (TPSA) is 73.6 Å². The molecule has 0 radical (unpaired) electrons. The summed E-state index contributed by atoms with van der Waals surface area (Å²) < 4.78 is 1.71. The van der Waals surface area contributed by atoms with E-state index in [4.69, 9.17) is 0 Å². The van der Waals surface area contributed by atoms with Crippen molar-refractivity contribution < 1.29 is 4.79 Å². The highest BCUT2D eigenvalue weighted by Gasteiger charge is 2.24. The van der Waals surface area contributed by atoms with Crippen molar-refractivity contribution in [2.24, 2.45) is 0 Å². The van der Waals surface area contributed by atoms with Crippen molar-refractivity contribution in [2.45, 2.75) is 6.54 Å². The van der Waals surface area contributed by atoms with Gasteiger partial charge in [-0.15, -0.1) is 0 Å². The standard InChI is InChI=1S/C27H30N8O/c36-25(33-15-11-31(12-16-33)22-7-3-1-4-8-22)20-35-27-24(19-30-35)26(28-21-29-27)34-17-13-32(14-18-34)23-9-5-2-6-10-23/h1-10,19,21H,11-18,20H2. The van der Waals surface area contributed by atoms with Crippen LogP contribution in [0, 0.1) is 0 Å². The lowest BCUT2D eigenvalue weighted by Gasteiger charge is -2.36. The Hall–Kier alpha value is -4.14. The monoisotopic (exact) mass is 482 g/mol. The number of nitrogens with zero attached hydrogens (tertiary/aromatic N) is 8. The number of hydrogen-bond donors (Lipinski definition) is 0. The average Bonchev–Trinajstić information content (AvgIpc) is 3.37. The molecule has 2 aliphatic heterocycles. The summed E-state index contributed by atoms with van der Waals surface area (Å²) in [6, 6.07) is 20.9. The minimum Gasteiger partial charge on any atom is -0.368 e. The van der Waals surface area contributed by atoms with Gasteiger partial charge in [0, 0.05) is 63.7 Å². The van der Waals surface area contributed by atoms with Gasteiger partial charge in [0.2, 0.25) is 5.91 Å². The van der Waals surface area contributed by atoms with E-state index in [2.05, 4.69) is 78.3 Å². The fourth-order valence-electron chi connectivity index (χ4n) is 5.14. The van der Waals surface area contributed by atoms with Crippen molar-refractivity contribution in [1.82, 2.24) is 24.6 Å². The van der Waals surface area contributed by atoms with Gasteiger partial charge in [-0.1, -0.05) is 36.4 Å². The predicted molar refractivity (Wildman–Crippen MR) is 141 cm³/mol. The normalized spacial score (nSPS) is 16.6. The van der Waals surface area contributed by atoms with Gasteiger partial charge in [0.05, 0.1) is 11.6 Å². The van der Waals surface area contributed by atoms with Crippen LogP contribution >= 0.6 is 0 Å². The summed E-state index contributed by atoms with van der Waals surface area (Å²) in [5.41, 5.74) is 3.17. The van der Waals surface area contributed by atoms with Crippen molar-refractivity contribution >= 4 is 34.1 Å². The third-order valence-electron chi connectivity index (χ3n) is 7.15. The van der Waals surface area contributed by atoms with E-state index in [1.54, 1.807) is 17.2 Å². The maximum atomic E-state index is 13.1. The molecule has 0 unspecified atom stereocenters. The molecular weight excluding hydrogens is 452 g/mol. The molecule has 0 bridgehead atoms. The number of amides is 1. The molecule has 1 amide bonds. The van der Waals surface area contributed by atoms with Gasteiger partial charge >= 0.3 is 0 Å². The molecular formula is C27H30N8O.